The Bertz CT molecular complexity index is 233. The lowest BCUT2D eigenvalue weighted by Crippen LogP contribution is -2.37. The minimum Gasteiger partial charge on any atom is -0.355 e. The Hall–Kier alpha value is -0.320. The number of amides is 1. The SMILES string of the molecule is Cl.NCC1CCN(CC(=O)NCC2CC2)C1. The molecule has 1 heterocycles. The molecule has 0 bridgehead atoms. The molecule has 2 aliphatic rings. The largest absolute Gasteiger partial charge is 0.355 e. The van der Waals surface area contributed by atoms with Crippen LogP contribution in [0.2, 0.25) is 0 Å². The van der Waals surface area contributed by atoms with Gasteiger partial charge in [0.15, 0.2) is 0 Å². The monoisotopic (exact) mass is 247 g/mol. The van der Waals surface area contributed by atoms with Gasteiger partial charge in [0.1, 0.15) is 0 Å². The molecule has 1 saturated carbocycles. The molecule has 1 unspecified atom stereocenters. The molecule has 5 heteroatoms. The second-order valence-corrected chi connectivity index (χ2v) is 4.87. The topological polar surface area (TPSA) is 58.4 Å². The number of likely N-dealkylation sites (tertiary alicyclic amines) is 1. The third-order valence-electron chi connectivity index (χ3n) is 3.36. The van der Waals surface area contributed by atoms with Gasteiger partial charge in [-0.1, -0.05) is 0 Å². The van der Waals surface area contributed by atoms with Crippen molar-refractivity contribution in [2.24, 2.45) is 17.6 Å². The van der Waals surface area contributed by atoms with Crippen LogP contribution in [0.15, 0.2) is 0 Å². The molecule has 16 heavy (non-hydrogen) atoms. The first kappa shape index (κ1) is 13.7. The number of carbonyl (C=O) groups is 1. The number of hydrogen-bond acceptors (Lipinski definition) is 3. The van der Waals surface area contributed by atoms with E-state index in [-0.39, 0.29) is 18.3 Å². The normalized spacial score (nSPS) is 25.2. The molecule has 1 aliphatic carbocycles. The smallest absolute Gasteiger partial charge is 0.234 e. The summed E-state index contributed by atoms with van der Waals surface area (Å²) in [5.74, 6) is 1.55. The molecular weight excluding hydrogens is 226 g/mol. The van der Waals surface area contributed by atoms with Gasteiger partial charge in [-0.2, -0.15) is 0 Å². The van der Waals surface area contributed by atoms with Gasteiger partial charge in [0.25, 0.3) is 0 Å². The van der Waals surface area contributed by atoms with E-state index in [0.29, 0.717) is 12.5 Å². The molecule has 0 aromatic heterocycles. The van der Waals surface area contributed by atoms with Crippen LogP contribution in [0.25, 0.3) is 0 Å². The van der Waals surface area contributed by atoms with Gasteiger partial charge in [-0.25, -0.2) is 0 Å². The highest BCUT2D eigenvalue weighted by Crippen LogP contribution is 2.27. The first-order valence-electron chi connectivity index (χ1n) is 5.97. The third-order valence-corrected chi connectivity index (χ3v) is 3.36. The number of rotatable bonds is 5. The van der Waals surface area contributed by atoms with Crippen molar-refractivity contribution in [3.8, 4) is 0 Å². The summed E-state index contributed by atoms with van der Waals surface area (Å²) < 4.78 is 0. The van der Waals surface area contributed by atoms with Crippen molar-refractivity contribution in [2.75, 3.05) is 32.7 Å². The molecule has 0 aromatic carbocycles. The van der Waals surface area contributed by atoms with E-state index in [2.05, 4.69) is 10.2 Å². The highest BCUT2D eigenvalue weighted by molar-refractivity contribution is 5.85. The van der Waals surface area contributed by atoms with Gasteiger partial charge in [0.05, 0.1) is 6.54 Å². The van der Waals surface area contributed by atoms with E-state index in [0.717, 1.165) is 38.5 Å². The zero-order valence-corrected chi connectivity index (χ0v) is 10.5. The van der Waals surface area contributed by atoms with Gasteiger partial charge in [0, 0.05) is 13.1 Å². The molecule has 1 aliphatic heterocycles. The van der Waals surface area contributed by atoms with Crippen LogP contribution >= 0.6 is 12.4 Å². The molecule has 0 radical (unpaired) electrons. The molecule has 3 N–H and O–H groups in total. The standard InChI is InChI=1S/C11H21N3O.ClH/c12-5-10-3-4-14(7-10)8-11(15)13-6-9-1-2-9;/h9-10H,1-8,12H2,(H,13,15);1H. The summed E-state index contributed by atoms with van der Waals surface area (Å²) in [5.41, 5.74) is 5.61. The van der Waals surface area contributed by atoms with Crippen molar-refractivity contribution in [3.05, 3.63) is 0 Å². The Kier molecular flexibility index (Phi) is 5.52. The second-order valence-electron chi connectivity index (χ2n) is 4.87. The van der Waals surface area contributed by atoms with Crippen molar-refractivity contribution in [1.29, 1.82) is 0 Å². The molecule has 4 nitrogen and oxygen atoms in total. The van der Waals surface area contributed by atoms with Gasteiger partial charge in [0.2, 0.25) is 5.91 Å². The molecule has 94 valence electrons. The Morgan fingerprint density at radius 1 is 1.31 bits per heavy atom. The number of halogens is 1. The lowest BCUT2D eigenvalue weighted by Gasteiger charge is -2.15. The Labute approximate surface area is 103 Å². The van der Waals surface area contributed by atoms with Crippen LogP contribution in [0.5, 0.6) is 0 Å². The van der Waals surface area contributed by atoms with E-state index in [9.17, 15) is 4.79 Å². The predicted octanol–water partition coefficient (Wildman–Crippen LogP) is 0.215. The van der Waals surface area contributed by atoms with E-state index in [4.69, 9.17) is 5.73 Å². The van der Waals surface area contributed by atoms with E-state index < -0.39 is 0 Å². The summed E-state index contributed by atoms with van der Waals surface area (Å²) >= 11 is 0. The second kappa shape index (κ2) is 6.42. The summed E-state index contributed by atoms with van der Waals surface area (Å²) in [7, 11) is 0. The number of nitrogens with two attached hydrogens (primary N) is 1. The minimum absolute atomic E-state index is 0. The number of nitrogens with one attached hydrogen (secondary N) is 1. The van der Waals surface area contributed by atoms with E-state index in [1.54, 1.807) is 0 Å². The van der Waals surface area contributed by atoms with Gasteiger partial charge >= 0.3 is 0 Å². The molecule has 0 spiro atoms. The molecular formula is C11H22ClN3O. The fourth-order valence-electron chi connectivity index (χ4n) is 2.09. The highest BCUT2D eigenvalue weighted by Gasteiger charge is 2.24. The summed E-state index contributed by atoms with van der Waals surface area (Å²) in [6, 6.07) is 0. The maximum Gasteiger partial charge on any atom is 0.234 e. The average Bonchev–Trinajstić information content (AvgIpc) is 2.96. The molecule has 1 saturated heterocycles. The maximum absolute atomic E-state index is 11.5. The van der Waals surface area contributed by atoms with Crippen molar-refractivity contribution < 1.29 is 4.79 Å². The first-order valence-corrected chi connectivity index (χ1v) is 5.97. The van der Waals surface area contributed by atoms with E-state index in [1.165, 1.54) is 12.8 Å². The summed E-state index contributed by atoms with van der Waals surface area (Å²) in [6.45, 7) is 4.21. The summed E-state index contributed by atoms with van der Waals surface area (Å²) in [6.07, 6.45) is 3.73. The zero-order chi connectivity index (χ0) is 10.7. The fraction of sp³-hybridized carbons (Fsp3) is 0.909. The van der Waals surface area contributed by atoms with Crippen LogP contribution in [0.1, 0.15) is 19.3 Å². The van der Waals surface area contributed by atoms with Crippen LogP contribution in [-0.4, -0.2) is 43.5 Å². The first-order chi connectivity index (χ1) is 7.28. The Morgan fingerprint density at radius 3 is 2.62 bits per heavy atom. The Balaban J connectivity index is 0.00000128. The lowest BCUT2D eigenvalue weighted by molar-refractivity contribution is -0.122. The van der Waals surface area contributed by atoms with Crippen LogP contribution < -0.4 is 11.1 Å². The molecule has 2 rings (SSSR count). The Morgan fingerprint density at radius 2 is 2.06 bits per heavy atom. The molecule has 1 amide bonds. The molecule has 2 fully saturated rings. The third kappa shape index (κ3) is 4.28. The van der Waals surface area contributed by atoms with Gasteiger partial charge < -0.3 is 11.1 Å². The molecule has 1 atom stereocenters. The zero-order valence-electron chi connectivity index (χ0n) is 9.65. The van der Waals surface area contributed by atoms with Gasteiger partial charge in [-0.05, 0) is 44.2 Å². The number of carbonyl (C=O) groups excluding carboxylic acids is 1. The summed E-state index contributed by atoms with van der Waals surface area (Å²) in [5, 5.41) is 2.99. The fourth-order valence-corrected chi connectivity index (χ4v) is 2.09. The predicted molar refractivity (Wildman–Crippen MR) is 66.6 cm³/mol. The van der Waals surface area contributed by atoms with Gasteiger partial charge in [-0.3, -0.25) is 9.69 Å². The van der Waals surface area contributed by atoms with E-state index in [1.807, 2.05) is 0 Å². The summed E-state index contributed by atoms with van der Waals surface area (Å²) in [4.78, 5) is 13.8. The van der Waals surface area contributed by atoms with Crippen LogP contribution in [0.4, 0.5) is 0 Å². The van der Waals surface area contributed by atoms with Crippen LogP contribution in [0.3, 0.4) is 0 Å². The lowest BCUT2D eigenvalue weighted by atomic mass is 10.1. The number of hydrogen-bond donors (Lipinski definition) is 2. The molecule has 0 aromatic rings. The average molecular weight is 248 g/mol. The highest BCUT2D eigenvalue weighted by atomic mass is 35.5. The van der Waals surface area contributed by atoms with Crippen molar-refractivity contribution in [2.45, 2.75) is 19.3 Å². The number of nitrogens with zero attached hydrogens (tertiary/aromatic N) is 1. The van der Waals surface area contributed by atoms with Crippen molar-refractivity contribution in [1.82, 2.24) is 10.2 Å². The van der Waals surface area contributed by atoms with Crippen LogP contribution in [-0.2, 0) is 4.79 Å². The minimum atomic E-state index is 0. The van der Waals surface area contributed by atoms with Crippen LogP contribution in [0, 0.1) is 11.8 Å². The van der Waals surface area contributed by atoms with Crippen molar-refractivity contribution >= 4 is 18.3 Å². The van der Waals surface area contributed by atoms with Gasteiger partial charge in [-0.15, -0.1) is 12.4 Å². The maximum atomic E-state index is 11.5. The van der Waals surface area contributed by atoms with Crippen molar-refractivity contribution in [3.63, 3.8) is 0 Å². The quantitative estimate of drug-likeness (QED) is 0.731. The van der Waals surface area contributed by atoms with E-state index >= 15 is 0 Å².